The molecule has 0 aliphatic rings. The number of nitrogens with two attached hydrogens (primary N) is 3. The van der Waals surface area contributed by atoms with E-state index in [1.54, 1.807) is 82.4 Å². The van der Waals surface area contributed by atoms with Crippen molar-refractivity contribution >= 4 is 164 Å². The number of nitrogens with zero attached hydrogens (tertiary/aromatic N) is 1. The summed E-state index contributed by atoms with van der Waals surface area (Å²) in [7, 11) is -3.28. The van der Waals surface area contributed by atoms with Crippen molar-refractivity contribution in [3.05, 3.63) is 225 Å². The Morgan fingerprint density at radius 2 is 1.05 bits per heavy atom. The molecule has 0 amide bonds. The first-order valence-electron chi connectivity index (χ1n) is 27.9. The van der Waals surface area contributed by atoms with Crippen LogP contribution in [0.25, 0.3) is 6.08 Å². The van der Waals surface area contributed by atoms with E-state index in [1.807, 2.05) is 0 Å². The molecule has 0 saturated carbocycles. The number of aliphatic hydroxyl groups excluding tert-OH is 1. The van der Waals surface area contributed by atoms with Crippen molar-refractivity contribution in [2.45, 2.75) is 71.0 Å². The fraction of sp³-hybridized carbons (Fsp3) is 0.266. The third-order valence-electron chi connectivity index (χ3n) is 10.9. The molecule has 7 N–H and O–H groups in total. The van der Waals surface area contributed by atoms with Crippen LogP contribution in [0.5, 0.6) is 0 Å². The second kappa shape index (κ2) is 53.9. The number of aldehydes is 3. The number of nitrogen functional groups attached to an aromatic ring is 1. The van der Waals surface area contributed by atoms with E-state index in [2.05, 4.69) is 54.1 Å². The Balaban J connectivity index is -0.00000105. The van der Waals surface area contributed by atoms with E-state index in [9.17, 15) is 54.9 Å². The third-order valence-corrected chi connectivity index (χ3v) is 16.3. The van der Waals surface area contributed by atoms with E-state index in [0.29, 0.717) is 92.2 Å². The van der Waals surface area contributed by atoms with Gasteiger partial charge in [0.2, 0.25) is 0 Å². The van der Waals surface area contributed by atoms with E-state index < -0.39 is 31.2 Å². The first-order chi connectivity index (χ1) is 45.0. The topological polar surface area (TPSA) is 251 Å². The predicted molar refractivity (Wildman–Crippen MR) is 376 cm³/mol. The maximum atomic E-state index is 13.4. The van der Waals surface area contributed by atoms with Gasteiger partial charge in [-0.2, -0.15) is 0 Å². The van der Waals surface area contributed by atoms with Crippen LogP contribution in [0.3, 0.4) is 0 Å². The largest absolute Gasteiger partial charge is 1.00 e. The molecule has 1 aromatic heterocycles. The first kappa shape index (κ1) is 93.1. The summed E-state index contributed by atoms with van der Waals surface area (Å²) in [5, 5.41) is 11.0. The summed E-state index contributed by atoms with van der Waals surface area (Å²) >= 11 is 42.8. The van der Waals surface area contributed by atoms with Gasteiger partial charge >= 0.3 is 49.1 Å². The summed E-state index contributed by atoms with van der Waals surface area (Å²) in [6.45, 7) is 7.86. The molecule has 0 spiro atoms. The summed E-state index contributed by atoms with van der Waals surface area (Å²) in [6, 6.07) is 26.6. The average Bonchev–Trinajstić information content (AvgIpc) is 1.72. The number of aromatic nitrogens is 1. The number of anilines is 1. The van der Waals surface area contributed by atoms with Gasteiger partial charge in [0.05, 0.1) is 46.9 Å². The Hall–Kier alpha value is -4.96. The molecule has 0 aliphatic heterocycles. The molecular weight excluding hydrogens is 1530 g/mol. The van der Waals surface area contributed by atoms with Crippen molar-refractivity contribution in [1.29, 1.82) is 0 Å². The first-order valence-corrected chi connectivity index (χ1v) is 34.0. The summed E-state index contributed by atoms with van der Waals surface area (Å²) in [6.07, 6.45) is 8.05. The SMILES string of the molecule is CCOC(=O)/C=C\c1c(F)cccc1Cl.CCOC(=O)CP(=O)(OCC)OCC.NC(N)=S.Nc1ncc(Cc2c(F)cccc2Cl)s1.O=CC(Br)Cc1c(F)cccc1Cl.O=CCCc1c(F)cccc1Cl.O=Cc1c(F)cccc1Cl.OCCCc1c(F)cccc1Cl.[H-].[Na+]. The van der Waals surface area contributed by atoms with Gasteiger partial charge in [-0.1, -0.05) is 122 Å². The van der Waals surface area contributed by atoms with Crippen LogP contribution < -0.4 is 46.8 Å². The molecule has 1 atom stereocenters. The zero-order valence-corrected chi connectivity index (χ0v) is 63.0. The number of carbonyl (C=O) groups excluding carboxylic acids is 5. The number of benzene rings is 6. The van der Waals surface area contributed by atoms with Gasteiger partial charge in [-0.3, -0.25) is 14.2 Å². The molecule has 96 heavy (non-hydrogen) atoms. The molecule has 0 saturated heterocycles. The van der Waals surface area contributed by atoms with Crippen LogP contribution in [0.2, 0.25) is 30.1 Å². The summed E-state index contributed by atoms with van der Waals surface area (Å²) in [5.41, 5.74) is 16.6. The smallest absolute Gasteiger partial charge is 1.00 e. The second-order valence-electron chi connectivity index (χ2n) is 17.8. The molecule has 7 rings (SSSR count). The minimum atomic E-state index is -3.28. The van der Waals surface area contributed by atoms with Crippen molar-refractivity contribution in [3.8, 4) is 0 Å². The Morgan fingerprint density at radius 1 is 0.646 bits per heavy atom. The van der Waals surface area contributed by atoms with Crippen molar-refractivity contribution in [1.82, 2.24) is 4.98 Å². The normalized spacial score (nSPS) is 10.4. The number of ether oxygens (including phenoxy) is 2. The van der Waals surface area contributed by atoms with Crippen LogP contribution in [0.4, 0.5) is 31.5 Å². The van der Waals surface area contributed by atoms with Crippen molar-refractivity contribution in [2.75, 3.05) is 44.9 Å². The van der Waals surface area contributed by atoms with Gasteiger partial charge in [-0.25, -0.2) is 36.1 Å². The Morgan fingerprint density at radius 3 is 1.41 bits per heavy atom. The number of thiazole rings is 1. The van der Waals surface area contributed by atoms with Crippen molar-refractivity contribution < 1.29 is 109 Å². The predicted octanol–water partition coefficient (Wildman–Crippen LogP) is 14.6. The van der Waals surface area contributed by atoms with Gasteiger partial charge in [0.1, 0.15) is 53.6 Å². The average molecular weight is 1590 g/mol. The quantitative estimate of drug-likeness (QED) is 0.00719. The Labute approximate surface area is 625 Å². The van der Waals surface area contributed by atoms with Gasteiger partial charge in [0, 0.05) is 84.5 Å². The van der Waals surface area contributed by atoms with Crippen LogP contribution >= 0.6 is 117 Å². The van der Waals surface area contributed by atoms with E-state index in [0.717, 1.165) is 17.2 Å². The number of carbonyl (C=O) groups is 5. The van der Waals surface area contributed by atoms with Crippen LogP contribution in [0.1, 0.15) is 85.0 Å². The number of esters is 2. The van der Waals surface area contributed by atoms with E-state index in [1.165, 1.54) is 78.1 Å². The molecule has 32 heteroatoms. The molecule has 0 bridgehead atoms. The van der Waals surface area contributed by atoms with Gasteiger partial charge in [-0.05, 0) is 144 Å². The molecule has 520 valence electrons. The fourth-order valence-corrected chi connectivity index (χ4v) is 10.7. The Bertz CT molecular complexity index is 3480. The Kier molecular flexibility index (Phi) is 52.3. The van der Waals surface area contributed by atoms with Gasteiger partial charge in [0.15, 0.2) is 16.5 Å². The molecule has 0 fully saturated rings. The van der Waals surface area contributed by atoms with Gasteiger partial charge < -0.3 is 51.8 Å². The van der Waals surface area contributed by atoms with Crippen LogP contribution in [-0.4, -0.2) is 90.0 Å². The van der Waals surface area contributed by atoms with Crippen molar-refractivity contribution in [3.63, 3.8) is 0 Å². The van der Waals surface area contributed by atoms with E-state index in [4.69, 9.17) is 89.5 Å². The maximum absolute atomic E-state index is 13.4. The molecule has 0 radical (unpaired) electrons. The number of rotatable bonds is 22. The summed E-state index contributed by atoms with van der Waals surface area (Å²) < 4.78 is 109. The zero-order valence-electron chi connectivity index (χ0n) is 53.3. The number of alkyl halides is 1. The minimum absolute atomic E-state index is 0. The zero-order chi connectivity index (χ0) is 72.1. The van der Waals surface area contributed by atoms with E-state index in [-0.39, 0.29) is 131 Å². The molecule has 6 aromatic carbocycles. The monoisotopic (exact) mass is 1590 g/mol. The van der Waals surface area contributed by atoms with Crippen LogP contribution in [0, 0.1) is 34.9 Å². The summed E-state index contributed by atoms with van der Waals surface area (Å²) in [5.74, 6) is -3.44. The van der Waals surface area contributed by atoms with Crippen LogP contribution in [-0.2, 0) is 67.9 Å². The number of hydrogen-bond donors (Lipinski definition) is 4. The molecule has 0 aliphatic carbocycles. The standard InChI is InChI=1S/C11H10ClFO2.C10H8ClFN2S.C9H7BrClFO.C9H10ClFO.C9H8ClFO.C8H17O5P.C7H4ClFO.CH4N2S.Na.H/c1-2-15-11(14)7-6-8-9(12)4-3-5-10(8)13;11-8-2-1-3-9(12)7(8)4-6-5-14-10(13)15-6;10-6(5-13)4-7-8(11)2-1-3-9(7)12;2*10-8-4-1-5-9(11)7(8)3-2-6-12;1-4-11-8(9)7-14(10,12-5-2)13-6-3;8-6-2-1-3-7(9)5(6)4-10;2-1(3)4;;/h3-7H,2H2,1H3;1-3,5H,4H2,(H2,13,14);1-3,5-6H,4H2;1,4-5,12H,2-3,6H2;1,4-6H,2-3H2;4-7H2,1-3H3;1-4H;(H4,2,3,4);;/q;;;;;;;;+1;-1/b7-6-;;;;;;;;;. The third kappa shape index (κ3) is 39.6. The van der Waals surface area contributed by atoms with Gasteiger partial charge in [-0.15, -0.1) is 11.3 Å². The molecule has 15 nitrogen and oxygen atoms in total. The maximum Gasteiger partial charge on any atom is 1.00 e. The van der Waals surface area contributed by atoms with Crippen LogP contribution in [0.15, 0.2) is 121 Å². The van der Waals surface area contributed by atoms with E-state index >= 15 is 0 Å². The number of aliphatic hydroxyl groups is 1. The molecule has 7 aromatic rings. The molecular formula is C64H69BrCl6F6N4NaO11PS2. The minimum Gasteiger partial charge on any atom is -1.00 e. The van der Waals surface area contributed by atoms with Gasteiger partial charge in [0.25, 0.3) is 0 Å². The second-order valence-corrected chi connectivity index (χ2v) is 25.1. The number of halogens is 13. The molecule has 1 heterocycles. The fourth-order valence-electron chi connectivity index (χ4n) is 6.77. The van der Waals surface area contributed by atoms with Crippen molar-refractivity contribution in [2.24, 2.45) is 11.5 Å². The number of thiocarbonyl (C=S) groups is 1. The number of hydrogen-bond acceptors (Lipinski definition) is 15. The summed E-state index contributed by atoms with van der Waals surface area (Å²) in [4.78, 5) is 56.9. The molecule has 1 unspecified atom stereocenters.